The molecule has 0 aliphatic carbocycles. The lowest BCUT2D eigenvalue weighted by Gasteiger charge is -2.13. The molecule has 2 heterocycles. The van der Waals surface area contributed by atoms with Crippen LogP contribution in [0.25, 0.3) is 0 Å². The quantitative estimate of drug-likeness (QED) is 0.691. The number of carbonyl (C=O) groups is 2. The number of pyridine rings is 2. The number of amides is 2. The van der Waals surface area contributed by atoms with E-state index in [0.29, 0.717) is 6.54 Å². The second-order valence-electron chi connectivity index (χ2n) is 6.37. The second kappa shape index (κ2) is 8.90. The minimum Gasteiger partial charge on any atom is -0.347 e. The van der Waals surface area contributed by atoms with E-state index in [2.05, 4.69) is 20.6 Å². The number of nitrogens with one attached hydrogen (secondary N) is 2. The zero-order valence-corrected chi connectivity index (χ0v) is 15.9. The van der Waals surface area contributed by atoms with Gasteiger partial charge in [-0.3, -0.25) is 14.6 Å². The summed E-state index contributed by atoms with van der Waals surface area (Å²) in [7, 11) is 0. The van der Waals surface area contributed by atoms with Crippen LogP contribution in [-0.2, 0) is 13.0 Å². The van der Waals surface area contributed by atoms with E-state index in [1.165, 1.54) is 0 Å². The Labute approximate surface area is 164 Å². The number of benzene rings is 1. The molecule has 0 saturated heterocycles. The molecule has 3 aromatic rings. The molecule has 0 aliphatic rings. The van der Waals surface area contributed by atoms with Crippen LogP contribution in [0.4, 0.5) is 5.69 Å². The standard InChI is InChI=1S/C22H22N4O2/c1-3-17-9-4-7-15(2)20(17)26-22(28)19-11-5-10-18(25-19)21(27)24-14-16-8-6-12-23-13-16/h4-13H,3,14H2,1-2H3,(H,24,27)(H,26,28). The third kappa shape index (κ3) is 4.59. The summed E-state index contributed by atoms with van der Waals surface area (Å²) in [5.41, 5.74) is 4.10. The molecule has 0 atom stereocenters. The van der Waals surface area contributed by atoms with E-state index in [1.54, 1.807) is 36.7 Å². The maximum atomic E-state index is 12.7. The number of rotatable bonds is 6. The minimum atomic E-state index is -0.344. The van der Waals surface area contributed by atoms with Gasteiger partial charge in [-0.05, 0) is 48.2 Å². The van der Waals surface area contributed by atoms with Crippen molar-refractivity contribution in [3.05, 3.63) is 89.0 Å². The molecular formula is C22H22N4O2. The SMILES string of the molecule is CCc1cccc(C)c1NC(=O)c1cccc(C(=O)NCc2cccnc2)n1. The largest absolute Gasteiger partial charge is 0.347 e. The van der Waals surface area contributed by atoms with Crippen molar-refractivity contribution in [2.45, 2.75) is 26.8 Å². The molecule has 0 aliphatic heterocycles. The van der Waals surface area contributed by atoms with Gasteiger partial charge in [0.2, 0.25) is 0 Å². The Kier molecular flexibility index (Phi) is 6.11. The van der Waals surface area contributed by atoms with Crippen LogP contribution in [0.2, 0.25) is 0 Å². The lowest BCUT2D eigenvalue weighted by molar-refractivity contribution is 0.0945. The molecule has 1 aromatic carbocycles. The molecule has 3 rings (SSSR count). The van der Waals surface area contributed by atoms with Crippen LogP contribution < -0.4 is 10.6 Å². The second-order valence-corrected chi connectivity index (χ2v) is 6.37. The number of nitrogens with zero attached hydrogens (tertiary/aromatic N) is 2. The number of aryl methyl sites for hydroxylation is 2. The highest BCUT2D eigenvalue weighted by Gasteiger charge is 2.14. The average molecular weight is 374 g/mol. The van der Waals surface area contributed by atoms with Crippen molar-refractivity contribution in [2.75, 3.05) is 5.32 Å². The highest BCUT2D eigenvalue weighted by molar-refractivity contribution is 6.04. The zero-order valence-electron chi connectivity index (χ0n) is 15.9. The molecule has 6 heteroatoms. The van der Waals surface area contributed by atoms with Crippen molar-refractivity contribution in [1.29, 1.82) is 0 Å². The van der Waals surface area contributed by atoms with Gasteiger partial charge in [0.05, 0.1) is 0 Å². The summed E-state index contributed by atoms with van der Waals surface area (Å²) in [5, 5.41) is 5.71. The van der Waals surface area contributed by atoms with E-state index in [0.717, 1.165) is 28.8 Å². The number of hydrogen-bond donors (Lipinski definition) is 2. The minimum absolute atomic E-state index is 0.192. The first-order chi connectivity index (χ1) is 13.6. The third-order valence-electron chi connectivity index (χ3n) is 4.37. The molecule has 6 nitrogen and oxygen atoms in total. The molecule has 0 unspecified atom stereocenters. The number of para-hydroxylation sites is 1. The Morgan fingerprint density at radius 3 is 2.43 bits per heavy atom. The Balaban J connectivity index is 1.72. The number of carbonyl (C=O) groups excluding carboxylic acids is 2. The molecule has 2 aromatic heterocycles. The lowest BCUT2D eigenvalue weighted by Crippen LogP contribution is -2.25. The molecule has 0 spiro atoms. The van der Waals surface area contributed by atoms with Crippen molar-refractivity contribution in [3.63, 3.8) is 0 Å². The molecule has 0 bridgehead atoms. The summed E-state index contributed by atoms with van der Waals surface area (Å²) in [5.74, 6) is -0.686. The lowest BCUT2D eigenvalue weighted by atomic mass is 10.1. The first-order valence-corrected chi connectivity index (χ1v) is 9.12. The number of aromatic nitrogens is 2. The summed E-state index contributed by atoms with van der Waals surface area (Å²) in [6.45, 7) is 4.33. The van der Waals surface area contributed by atoms with E-state index < -0.39 is 0 Å². The van der Waals surface area contributed by atoms with Crippen molar-refractivity contribution in [2.24, 2.45) is 0 Å². The van der Waals surface area contributed by atoms with Gasteiger partial charge in [-0.1, -0.05) is 37.3 Å². The highest BCUT2D eigenvalue weighted by Crippen LogP contribution is 2.21. The molecule has 28 heavy (non-hydrogen) atoms. The summed E-state index contributed by atoms with van der Waals surface area (Å²) < 4.78 is 0. The molecule has 2 amide bonds. The molecule has 0 radical (unpaired) electrons. The van der Waals surface area contributed by atoms with Gasteiger partial charge in [0.15, 0.2) is 0 Å². The van der Waals surface area contributed by atoms with Gasteiger partial charge in [0, 0.05) is 24.6 Å². The van der Waals surface area contributed by atoms with E-state index in [-0.39, 0.29) is 23.2 Å². The van der Waals surface area contributed by atoms with Crippen LogP contribution in [0.1, 0.15) is 44.6 Å². The van der Waals surface area contributed by atoms with E-state index in [4.69, 9.17) is 0 Å². The van der Waals surface area contributed by atoms with Crippen molar-refractivity contribution >= 4 is 17.5 Å². The Morgan fingerprint density at radius 1 is 0.964 bits per heavy atom. The fourth-order valence-corrected chi connectivity index (χ4v) is 2.84. The molecule has 142 valence electrons. The van der Waals surface area contributed by atoms with E-state index in [1.807, 2.05) is 38.1 Å². The van der Waals surface area contributed by atoms with Crippen molar-refractivity contribution in [3.8, 4) is 0 Å². The van der Waals surface area contributed by atoms with Crippen LogP contribution in [0.5, 0.6) is 0 Å². The van der Waals surface area contributed by atoms with Crippen LogP contribution in [-0.4, -0.2) is 21.8 Å². The first-order valence-electron chi connectivity index (χ1n) is 9.12. The smallest absolute Gasteiger partial charge is 0.274 e. The van der Waals surface area contributed by atoms with Crippen LogP contribution in [0, 0.1) is 6.92 Å². The Morgan fingerprint density at radius 2 is 1.71 bits per heavy atom. The van der Waals surface area contributed by atoms with Crippen molar-refractivity contribution in [1.82, 2.24) is 15.3 Å². The Bertz CT molecular complexity index is 987. The average Bonchev–Trinajstić information content (AvgIpc) is 2.74. The van der Waals surface area contributed by atoms with E-state index in [9.17, 15) is 9.59 Å². The molecular weight excluding hydrogens is 352 g/mol. The van der Waals surface area contributed by atoms with Gasteiger partial charge in [-0.25, -0.2) is 4.98 Å². The van der Waals surface area contributed by atoms with Crippen molar-refractivity contribution < 1.29 is 9.59 Å². The normalized spacial score (nSPS) is 10.4. The maximum absolute atomic E-state index is 12.7. The van der Waals surface area contributed by atoms with Gasteiger partial charge >= 0.3 is 0 Å². The number of hydrogen-bond acceptors (Lipinski definition) is 4. The molecule has 2 N–H and O–H groups in total. The predicted molar refractivity (Wildman–Crippen MR) is 108 cm³/mol. The highest BCUT2D eigenvalue weighted by atomic mass is 16.2. The summed E-state index contributed by atoms with van der Waals surface area (Å²) >= 11 is 0. The Hall–Kier alpha value is -3.54. The number of anilines is 1. The summed E-state index contributed by atoms with van der Waals surface area (Å²) in [6.07, 6.45) is 4.17. The molecule has 0 fully saturated rings. The summed E-state index contributed by atoms with van der Waals surface area (Å²) in [4.78, 5) is 33.3. The zero-order chi connectivity index (χ0) is 19.9. The van der Waals surface area contributed by atoms with E-state index >= 15 is 0 Å². The maximum Gasteiger partial charge on any atom is 0.274 e. The van der Waals surface area contributed by atoms with Crippen LogP contribution in [0.15, 0.2) is 60.9 Å². The third-order valence-corrected chi connectivity index (χ3v) is 4.37. The fraction of sp³-hybridized carbons (Fsp3) is 0.182. The van der Waals surface area contributed by atoms with Gasteiger partial charge < -0.3 is 10.6 Å². The van der Waals surface area contributed by atoms with Crippen LogP contribution in [0.3, 0.4) is 0 Å². The monoisotopic (exact) mass is 374 g/mol. The van der Waals surface area contributed by atoms with Gasteiger partial charge in [0.25, 0.3) is 11.8 Å². The molecule has 0 saturated carbocycles. The predicted octanol–water partition coefficient (Wildman–Crippen LogP) is 3.53. The summed E-state index contributed by atoms with van der Waals surface area (Å²) in [6, 6.07) is 14.4. The van der Waals surface area contributed by atoms with Gasteiger partial charge in [0.1, 0.15) is 11.4 Å². The topological polar surface area (TPSA) is 84.0 Å². The van der Waals surface area contributed by atoms with Crippen LogP contribution >= 0.6 is 0 Å². The fourth-order valence-electron chi connectivity index (χ4n) is 2.84. The van der Waals surface area contributed by atoms with Gasteiger partial charge in [-0.15, -0.1) is 0 Å². The first kappa shape index (κ1) is 19.2. The van der Waals surface area contributed by atoms with Gasteiger partial charge in [-0.2, -0.15) is 0 Å².